The van der Waals surface area contributed by atoms with E-state index in [-0.39, 0.29) is 0 Å². The molecule has 7 nitrogen and oxygen atoms in total. The van der Waals surface area contributed by atoms with Crippen LogP contribution in [0.3, 0.4) is 0 Å². The number of nitrogens with one attached hydrogen (secondary N) is 2. The van der Waals surface area contributed by atoms with Crippen molar-refractivity contribution in [3.63, 3.8) is 0 Å². The average Bonchev–Trinajstić information content (AvgIpc) is 3.41. The standard InChI is InChI=1S/C23H27N7/c1-18-28-21-6-3-4-7-22(21)29(18)17-15-26-23(24-2)25-14-12-19-8-10-20(11-9-19)30-16-5-13-27-30/h3-11,13,16H,12,14-15,17H2,1-2H3,(H2,24,25,26). The Bertz CT molecular complexity index is 1110. The van der Waals surface area contributed by atoms with Crippen LogP contribution < -0.4 is 10.6 Å². The number of guanidine groups is 1. The van der Waals surface area contributed by atoms with Crippen LogP contribution in [0.2, 0.25) is 0 Å². The second-order valence-corrected chi connectivity index (χ2v) is 7.09. The fourth-order valence-electron chi connectivity index (χ4n) is 3.55. The first-order valence-electron chi connectivity index (χ1n) is 10.2. The maximum Gasteiger partial charge on any atom is 0.191 e. The molecule has 30 heavy (non-hydrogen) atoms. The molecule has 0 aliphatic rings. The molecule has 2 aromatic heterocycles. The normalized spacial score (nSPS) is 11.7. The van der Waals surface area contributed by atoms with Gasteiger partial charge in [-0.25, -0.2) is 9.67 Å². The molecule has 0 aliphatic heterocycles. The molecule has 0 fully saturated rings. The van der Waals surface area contributed by atoms with E-state index in [0.29, 0.717) is 0 Å². The minimum atomic E-state index is 0.777. The monoisotopic (exact) mass is 401 g/mol. The van der Waals surface area contributed by atoms with Gasteiger partial charge in [0.2, 0.25) is 0 Å². The van der Waals surface area contributed by atoms with Crippen LogP contribution in [0.5, 0.6) is 0 Å². The summed E-state index contributed by atoms with van der Waals surface area (Å²) >= 11 is 0. The van der Waals surface area contributed by atoms with Crippen molar-refractivity contribution in [2.75, 3.05) is 20.1 Å². The van der Waals surface area contributed by atoms with Crippen LogP contribution in [0.15, 0.2) is 72.0 Å². The summed E-state index contributed by atoms with van der Waals surface area (Å²) < 4.78 is 4.09. The van der Waals surface area contributed by atoms with Gasteiger partial charge in [0, 0.05) is 39.1 Å². The van der Waals surface area contributed by atoms with Gasteiger partial charge < -0.3 is 15.2 Å². The Balaban J connectivity index is 1.24. The van der Waals surface area contributed by atoms with E-state index >= 15 is 0 Å². The van der Waals surface area contributed by atoms with Crippen LogP contribution in [0.4, 0.5) is 0 Å². The van der Waals surface area contributed by atoms with Crippen LogP contribution in [0.1, 0.15) is 11.4 Å². The number of rotatable bonds is 7. The quantitative estimate of drug-likeness (QED) is 0.369. The lowest BCUT2D eigenvalue weighted by Crippen LogP contribution is -2.39. The van der Waals surface area contributed by atoms with E-state index in [2.05, 4.69) is 66.7 Å². The molecule has 0 bridgehead atoms. The topological polar surface area (TPSA) is 72.1 Å². The molecule has 0 saturated heterocycles. The van der Waals surface area contributed by atoms with Gasteiger partial charge in [-0.15, -0.1) is 0 Å². The van der Waals surface area contributed by atoms with Crippen molar-refractivity contribution in [2.24, 2.45) is 4.99 Å². The largest absolute Gasteiger partial charge is 0.356 e. The Hall–Kier alpha value is -3.61. The van der Waals surface area contributed by atoms with E-state index in [1.54, 1.807) is 13.2 Å². The van der Waals surface area contributed by atoms with Crippen molar-refractivity contribution < 1.29 is 0 Å². The average molecular weight is 402 g/mol. The first-order valence-corrected chi connectivity index (χ1v) is 10.2. The first-order chi connectivity index (χ1) is 14.7. The Morgan fingerprint density at radius 3 is 2.57 bits per heavy atom. The lowest BCUT2D eigenvalue weighted by molar-refractivity contribution is 0.659. The van der Waals surface area contributed by atoms with Crippen LogP contribution >= 0.6 is 0 Å². The lowest BCUT2D eigenvalue weighted by atomic mass is 10.1. The predicted molar refractivity (Wildman–Crippen MR) is 121 cm³/mol. The molecule has 2 N–H and O–H groups in total. The highest BCUT2D eigenvalue weighted by Crippen LogP contribution is 2.14. The fourth-order valence-corrected chi connectivity index (χ4v) is 3.55. The van der Waals surface area contributed by atoms with Crippen molar-refractivity contribution in [3.8, 4) is 5.69 Å². The van der Waals surface area contributed by atoms with Crippen LogP contribution in [0.25, 0.3) is 16.7 Å². The molecule has 0 spiro atoms. The molecular formula is C23H27N7. The highest BCUT2D eigenvalue weighted by Gasteiger charge is 2.06. The first kappa shape index (κ1) is 19.7. The van der Waals surface area contributed by atoms with Crippen LogP contribution in [-0.4, -0.2) is 45.4 Å². The molecule has 4 aromatic rings. The highest BCUT2D eigenvalue weighted by atomic mass is 15.3. The van der Waals surface area contributed by atoms with E-state index < -0.39 is 0 Å². The molecule has 0 unspecified atom stereocenters. The van der Waals surface area contributed by atoms with Crippen molar-refractivity contribution in [3.05, 3.63) is 78.4 Å². The Kier molecular flexibility index (Phi) is 6.08. The molecule has 4 rings (SSSR count). The fraction of sp³-hybridized carbons (Fsp3) is 0.261. The number of fused-ring (bicyclic) bond motifs is 1. The van der Waals surface area contributed by atoms with Crippen LogP contribution in [0, 0.1) is 6.92 Å². The molecule has 7 heteroatoms. The van der Waals surface area contributed by atoms with Gasteiger partial charge >= 0.3 is 0 Å². The molecular weight excluding hydrogens is 374 g/mol. The zero-order chi connectivity index (χ0) is 20.8. The number of nitrogens with zero attached hydrogens (tertiary/aromatic N) is 5. The zero-order valence-corrected chi connectivity index (χ0v) is 17.4. The number of aromatic nitrogens is 4. The second-order valence-electron chi connectivity index (χ2n) is 7.09. The molecule has 154 valence electrons. The number of hydrogen-bond acceptors (Lipinski definition) is 3. The minimum Gasteiger partial charge on any atom is -0.356 e. The predicted octanol–water partition coefficient (Wildman–Crippen LogP) is 2.94. The minimum absolute atomic E-state index is 0.777. The van der Waals surface area contributed by atoms with Gasteiger partial charge in [-0.05, 0) is 49.2 Å². The van der Waals surface area contributed by atoms with Crippen molar-refractivity contribution >= 4 is 17.0 Å². The third kappa shape index (κ3) is 4.51. The zero-order valence-electron chi connectivity index (χ0n) is 17.4. The highest BCUT2D eigenvalue weighted by molar-refractivity contribution is 5.79. The number of aryl methyl sites for hydroxylation is 1. The van der Waals surface area contributed by atoms with Crippen LogP contribution in [-0.2, 0) is 13.0 Å². The Labute approximate surface area is 176 Å². The molecule has 0 aliphatic carbocycles. The van der Waals surface area contributed by atoms with Crippen molar-refractivity contribution in [1.29, 1.82) is 0 Å². The van der Waals surface area contributed by atoms with E-state index in [0.717, 1.165) is 49.0 Å². The summed E-state index contributed by atoms with van der Waals surface area (Å²) in [6.07, 6.45) is 4.65. The van der Waals surface area contributed by atoms with Gasteiger partial charge in [0.05, 0.1) is 16.7 Å². The molecule has 0 atom stereocenters. The molecule has 2 heterocycles. The molecule has 0 radical (unpaired) electrons. The number of hydrogen-bond donors (Lipinski definition) is 2. The second kappa shape index (κ2) is 9.26. The summed E-state index contributed by atoms with van der Waals surface area (Å²) in [5, 5.41) is 11.0. The number of para-hydroxylation sites is 2. The SMILES string of the molecule is CN=C(NCCc1ccc(-n2cccn2)cc1)NCCn1c(C)nc2ccccc21. The summed E-state index contributed by atoms with van der Waals surface area (Å²) in [5.41, 5.74) is 4.54. The third-order valence-corrected chi connectivity index (χ3v) is 5.11. The molecule has 0 amide bonds. The van der Waals surface area contributed by atoms with Crippen molar-refractivity contribution in [1.82, 2.24) is 30.0 Å². The van der Waals surface area contributed by atoms with E-state index in [4.69, 9.17) is 0 Å². The smallest absolute Gasteiger partial charge is 0.191 e. The molecule has 2 aromatic carbocycles. The van der Waals surface area contributed by atoms with E-state index in [9.17, 15) is 0 Å². The van der Waals surface area contributed by atoms with Gasteiger partial charge in [0.15, 0.2) is 5.96 Å². The number of imidazole rings is 1. The van der Waals surface area contributed by atoms with Gasteiger partial charge in [-0.1, -0.05) is 24.3 Å². The summed E-state index contributed by atoms with van der Waals surface area (Å²) in [5.74, 6) is 1.84. The number of benzene rings is 2. The molecule has 0 saturated carbocycles. The van der Waals surface area contributed by atoms with Gasteiger partial charge in [-0.3, -0.25) is 4.99 Å². The Morgan fingerprint density at radius 1 is 1.00 bits per heavy atom. The lowest BCUT2D eigenvalue weighted by Gasteiger charge is -2.13. The van der Waals surface area contributed by atoms with Gasteiger partial charge in [-0.2, -0.15) is 5.10 Å². The third-order valence-electron chi connectivity index (χ3n) is 5.11. The van der Waals surface area contributed by atoms with E-state index in [1.807, 2.05) is 36.0 Å². The summed E-state index contributed by atoms with van der Waals surface area (Å²) in [6.45, 7) is 4.47. The van der Waals surface area contributed by atoms with E-state index in [1.165, 1.54) is 11.1 Å². The summed E-state index contributed by atoms with van der Waals surface area (Å²) in [6, 6.07) is 18.6. The van der Waals surface area contributed by atoms with Crippen molar-refractivity contribution in [2.45, 2.75) is 19.9 Å². The maximum atomic E-state index is 4.62. The van der Waals surface area contributed by atoms with Gasteiger partial charge in [0.25, 0.3) is 0 Å². The summed E-state index contributed by atoms with van der Waals surface area (Å²) in [7, 11) is 1.80. The Morgan fingerprint density at radius 2 is 1.80 bits per heavy atom. The summed E-state index contributed by atoms with van der Waals surface area (Å²) in [4.78, 5) is 8.95. The number of aliphatic imine (C=N–C) groups is 1. The van der Waals surface area contributed by atoms with Gasteiger partial charge in [0.1, 0.15) is 5.82 Å². The maximum absolute atomic E-state index is 4.62.